The van der Waals surface area contributed by atoms with Gasteiger partial charge in [-0.25, -0.2) is 0 Å². The zero-order valence-electron chi connectivity index (χ0n) is 19.3. The standard InChI is InChI=1S/C12H24O6.C9H9O4.Na/c1-2-14-5-6-16-9-10-18-12-11-17-8-7-15-4-3-13-1;1-12-8(10)6-4-3-5-7(6)9(11)13-2;/h1-12H2;3-5H,1-2H3;/q;-1;+1. The summed E-state index contributed by atoms with van der Waals surface area (Å²) in [7, 11) is 2.52. The van der Waals surface area contributed by atoms with E-state index in [2.05, 4.69) is 9.47 Å². The van der Waals surface area contributed by atoms with Gasteiger partial charge in [-0.3, -0.25) is 4.79 Å². The van der Waals surface area contributed by atoms with Crippen molar-refractivity contribution in [2.45, 2.75) is 0 Å². The fraction of sp³-hybridized carbons (Fsp3) is 0.667. The van der Waals surface area contributed by atoms with E-state index < -0.39 is 11.9 Å². The molecule has 178 valence electrons. The van der Waals surface area contributed by atoms with Crippen molar-refractivity contribution in [1.29, 1.82) is 0 Å². The van der Waals surface area contributed by atoms with Gasteiger partial charge in [0.15, 0.2) is 0 Å². The van der Waals surface area contributed by atoms with Crippen molar-refractivity contribution in [3.05, 3.63) is 29.3 Å². The van der Waals surface area contributed by atoms with Gasteiger partial charge in [-0.2, -0.15) is 12.1 Å². The van der Waals surface area contributed by atoms with Crippen molar-refractivity contribution in [3.8, 4) is 0 Å². The second-order valence-corrected chi connectivity index (χ2v) is 6.01. The van der Waals surface area contributed by atoms with Crippen molar-refractivity contribution >= 4 is 11.9 Å². The number of hydrogen-bond donors (Lipinski definition) is 0. The maximum Gasteiger partial charge on any atom is 1.00 e. The van der Waals surface area contributed by atoms with Crippen LogP contribution in [0.3, 0.4) is 0 Å². The molecule has 0 spiro atoms. The Kier molecular flexibility index (Phi) is 21.2. The smallest absolute Gasteiger partial charge is 0.509 e. The molecule has 0 radical (unpaired) electrons. The zero-order chi connectivity index (χ0) is 22.6. The van der Waals surface area contributed by atoms with Crippen LogP contribution in [-0.4, -0.2) is 105 Å². The van der Waals surface area contributed by atoms with Gasteiger partial charge in [-0.05, 0) is 5.56 Å². The minimum atomic E-state index is -0.537. The molecular formula is C21H33NaO10. The van der Waals surface area contributed by atoms with Crippen LogP contribution in [0.5, 0.6) is 0 Å². The number of esters is 2. The second-order valence-electron chi connectivity index (χ2n) is 6.01. The van der Waals surface area contributed by atoms with Crippen molar-refractivity contribution in [3.63, 3.8) is 0 Å². The summed E-state index contributed by atoms with van der Waals surface area (Å²) >= 11 is 0. The fourth-order valence-corrected chi connectivity index (χ4v) is 2.32. The van der Waals surface area contributed by atoms with E-state index in [4.69, 9.17) is 28.4 Å². The summed E-state index contributed by atoms with van der Waals surface area (Å²) in [5.74, 6) is -1.07. The Hall–Kier alpha value is -0.950. The van der Waals surface area contributed by atoms with E-state index in [0.29, 0.717) is 79.3 Å². The first-order valence-electron chi connectivity index (χ1n) is 10.1. The Morgan fingerprint density at radius 2 is 1.03 bits per heavy atom. The van der Waals surface area contributed by atoms with Crippen LogP contribution in [0.1, 0.15) is 20.7 Å². The summed E-state index contributed by atoms with van der Waals surface area (Å²) in [6.07, 6.45) is 0. The Morgan fingerprint density at radius 3 is 1.31 bits per heavy atom. The molecular weight excluding hydrogens is 435 g/mol. The Bertz CT molecular complexity index is 487. The van der Waals surface area contributed by atoms with Crippen LogP contribution in [0, 0.1) is 0 Å². The molecule has 0 aromatic heterocycles. The van der Waals surface area contributed by atoms with E-state index in [1.165, 1.54) is 26.4 Å². The van der Waals surface area contributed by atoms with Crippen LogP contribution >= 0.6 is 0 Å². The van der Waals surface area contributed by atoms with E-state index in [1.54, 1.807) is 6.07 Å². The summed E-state index contributed by atoms with van der Waals surface area (Å²) in [5, 5.41) is 0. The number of methoxy groups -OCH3 is 2. The third-order valence-electron chi connectivity index (χ3n) is 3.86. The topological polar surface area (TPSA) is 108 Å². The summed E-state index contributed by atoms with van der Waals surface area (Å²) in [5.41, 5.74) is 0.462. The van der Waals surface area contributed by atoms with Crippen molar-refractivity contribution in [2.75, 3.05) is 93.5 Å². The molecule has 1 fully saturated rings. The molecule has 1 aliphatic rings. The fourth-order valence-electron chi connectivity index (χ4n) is 2.32. The molecule has 0 aliphatic carbocycles. The molecule has 1 aliphatic heterocycles. The van der Waals surface area contributed by atoms with Crippen LogP contribution in [0.15, 0.2) is 18.2 Å². The number of rotatable bonds is 2. The minimum absolute atomic E-state index is 0. The molecule has 1 aromatic carbocycles. The number of ether oxygens (including phenoxy) is 8. The molecule has 0 bridgehead atoms. The normalized spacial score (nSPS) is 17.3. The van der Waals surface area contributed by atoms with E-state index in [0.717, 1.165) is 0 Å². The predicted octanol–water partition coefficient (Wildman–Crippen LogP) is -1.92. The minimum Gasteiger partial charge on any atom is -0.509 e. The van der Waals surface area contributed by atoms with Gasteiger partial charge in [0.05, 0.1) is 93.5 Å². The van der Waals surface area contributed by atoms with Crippen LogP contribution in [0.2, 0.25) is 0 Å². The van der Waals surface area contributed by atoms with Crippen LogP contribution in [-0.2, 0) is 37.9 Å². The average Bonchev–Trinajstić information content (AvgIpc) is 3.28. The summed E-state index contributed by atoms with van der Waals surface area (Å²) in [6.45, 7) is 7.04. The molecule has 0 atom stereocenters. The zero-order valence-corrected chi connectivity index (χ0v) is 21.3. The van der Waals surface area contributed by atoms with E-state index in [9.17, 15) is 9.59 Å². The summed E-state index contributed by atoms with van der Waals surface area (Å²) < 4.78 is 40.9. The predicted molar refractivity (Wildman–Crippen MR) is 110 cm³/mol. The first-order valence-corrected chi connectivity index (χ1v) is 10.1. The quantitative estimate of drug-likeness (QED) is 0.277. The molecule has 1 saturated heterocycles. The molecule has 0 saturated carbocycles. The monoisotopic (exact) mass is 468 g/mol. The van der Waals surface area contributed by atoms with Crippen LogP contribution in [0.25, 0.3) is 0 Å². The van der Waals surface area contributed by atoms with Gasteiger partial charge in [-0.1, -0.05) is 5.56 Å². The van der Waals surface area contributed by atoms with Gasteiger partial charge >= 0.3 is 29.6 Å². The van der Waals surface area contributed by atoms with E-state index in [-0.39, 0.29) is 40.7 Å². The van der Waals surface area contributed by atoms with Crippen molar-refractivity contribution in [2.24, 2.45) is 0 Å². The molecule has 0 N–H and O–H groups in total. The number of carbonyl (C=O) groups excluding carboxylic acids is 2. The molecule has 10 nitrogen and oxygen atoms in total. The van der Waals surface area contributed by atoms with Gasteiger partial charge < -0.3 is 42.7 Å². The second kappa shape index (κ2) is 21.9. The molecule has 2 rings (SSSR count). The average molecular weight is 468 g/mol. The van der Waals surface area contributed by atoms with Crippen molar-refractivity contribution in [1.82, 2.24) is 0 Å². The summed E-state index contributed by atoms with van der Waals surface area (Å²) in [6, 6.07) is 4.62. The van der Waals surface area contributed by atoms with E-state index >= 15 is 0 Å². The third-order valence-corrected chi connectivity index (χ3v) is 3.86. The maximum atomic E-state index is 11.1. The molecule has 0 amide bonds. The van der Waals surface area contributed by atoms with Crippen molar-refractivity contribution < 1.29 is 77.0 Å². The first-order chi connectivity index (χ1) is 15.2. The molecule has 1 heterocycles. The molecule has 1 aromatic rings. The first kappa shape index (κ1) is 31.0. The van der Waals surface area contributed by atoms with Gasteiger partial charge in [0.1, 0.15) is 0 Å². The van der Waals surface area contributed by atoms with Crippen LogP contribution < -0.4 is 29.6 Å². The van der Waals surface area contributed by atoms with Gasteiger partial charge in [0, 0.05) is 0 Å². The number of carbonyl (C=O) groups is 2. The van der Waals surface area contributed by atoms with Gasteiger partial charge in [-0.15, -0.1) is 6.07 Å². The van der Waals surface area contributed by atoms with Crippen LogP contribution in [0.4, 0.5) is 0 Å². The molecule has 11 heteroatoms. The number of hydrogen-bond acceptors (Lipinski definition) is 10. The summed E-state index contributed by atoms with van der Waals surface area (Å²) in [4.78, 5) is 22.2. The van der Waals surface area contributed by atoms with Gasteiger partial charge in [0.2, 0.25) is 5.97 Å². The Balaban J connectivity index is 0.000000611. The SMILES string of the molecule is C1COCCOCCOCCOCCOCCO1.COC(=O)c1ccc[c-]1C(=O)OC.[Na+]. The third kappa shape index (κ3) is 15.0. The maximum absolute atomic E-state index is 11.1. The van der Waals surface area contributed by atoms with E-state index in [1.807, 2.05) is 0 Å². The Labute approximate surface area is 211 Å². The van der Waals surface area contributed by atoms with Gasteiger partial charge in [0.25, 0.3) is 5.97 Å². The molecule has 32 heavy (non-hydrogen) atoms. The molecule has 0 unspecified atom stereocenters. The largest absolute Gasteiger partial charge is 1.00 e. The Morgan fingerprint density at radius 1 is 0.688 bits per heavy atom.